The van der Waals surface area contributed by atoms with Crippen LogP contribution in [-0.4, -0.2) is 92.3 Å². The zero-order valence-corrected chi connectivity index (χ0v) is 23.6. The van der Waals surface area contributed by atoms with E-state index in [0.29, 0.717) is 42.6 Å². The van der Waals surface area contributed by atoms with E-state index in [1.54, 1.807) is 34.2 Å². The molecule has 0 unspecified atom stereocenters. The predicted molar refractivity (Wildman–Crippen MR) is 154 cm³/mol. The lowest BCUT2D eigenvalue weighted by Crippen LogP contribution is -2.45. The minimum Gasteiger partial charge on any atom is -0.480 e. The molecule has 2 aliphatic rings. The third-order valence-corrected chi connectivity index (χ3v) is 7.97. The Balaban J connectivity index is 1.31. The number of benzene rings is 2. The maximum Gasteiger partial charge on any atom is 0.328 e. The summed E-state index contributed by atoms with van der Waals surface area (Å²) in [5.74, 6) is -2.21. The molecule has 15 heteroatoms. The first-order valence-electron chi connectivity index (χ1n) is 13.0. The van der Waals surface area contributed by atoms with Gasteiger partial charge in [0.2, 0.25) is 0 Å². The average molecular weight is 613 g/mol. The molecule has 3 heterocycles. The summed E-state index contributed by atoms with van der Waals surface area (Å²) in [6.07, 6.45) is 1.95. The standard InChI is InChI=1S/C27H26Cl2N8O5/c1-30-35-27(37-6-4-17(38)13-37)31-11-21(26(41)42)33-24(39)22-19(28)8-16-12-36(7-5-18(16)23(22)29)25(40)14-2-3-15-10-32-34-20(15)9-14/h2-3,8-10,17,21,38H,4-7,11-13H2,(H,31,35)(H,32,34)(H,33,39)(H,41,42)/t17-,21-/m0/s1. The van der Waals surface area contributed by atoms with Crippen molar-refractivity contribution < 1.29 is 24.6 Å². The van der Waals surface area contributed by atoms with E-state index in [0.717, 1.165) is 10.9 Å². The van der Waals surface area contributed by atoms with E-state index >= 15 is 0 Å². The van der Waals surface area contributed by atoms with Crippen LogP contribution in [0.15, 0.2) is 35.5 Å². The molecule has 1 aromatic heterocycles. The van der Waals surface area contributed by atoms with Crippen molar-refractivity contribution >= 4 is 57.8 Å². The van der Waals surface area contributed by atoms with Gasteiger partial charge in [0.1, 0.15) is 6.04 Å². The molecule has 2 aliphatic heterocycles. The summed E-state index contributed by atoms with van der Waals surface area (Å²) in [5, 5.41) is 29.8. The number of carbonyl (C=O) groups excluding carboxylic acids is 2. The van der Waals surface area contributed by atoms with E-state index in [9.17, 15) is 24.6 Å². The number of aliphatic imine (C=N–C) groups is 1. The number of aliphatic hydroxyl groups excluding tert-OH is 1. The van der Waals surface area contributed by atoms with Gasteiger partial charge in [0, 0.05) is 37.1 Å². The highest BCUT2D eigenvalue weighted by Gasteiger charge is 2.30. The molecule has 0 aliphatic carbocycles. The van der Waals surface area contributed by atoms with Crippen LogP contribution >= 0.6 is 23.2 Å². The molecule has 2 amide bonds. The number of β-amino-alcohol motifs (C(OH)–C–C–N with tert-alkyl or cyclic N) is 1. The number of amides is 2. The van der Waals surface area contributed by atoms with E-state index in [1.165, 1.54) is 0 Å². The molecule has 13 nitrogen and oxygen atoms in total. The molecule has 0 spiro atoms. The van der Waals surface area contributed by atoms with Crippen LogP contribution in [0.1, 0.15) is 38.3 Å². The number of carboxylic acids is 1. The molecule has 1 saturated heterocycles. The molecule has 218 valence electrons. The summed E-state index contributed by atoms with van der Waals surface area (Å²) >= 11 is 13.1. The van der Waals surface area contributed by atoms with E-state index < -0.39 is 24.0 Å². The minimum atomic E-state index is -1.45. The molecule has 5 rings (SSSR count). The summed E-state index contributed by atoms with van der Waals surface area (Å²) in [5.41, 5.74) is 4.90. The van der Waals surface area contributed by atoms with E-state index in [-0.39, 0.29) is 47.1 Å². The van der Waals surface area contributed by atoms with Crippen LogP contribution in [0, 0.1) is 6.57 Å². The van der Waals surface area contributed by atoms with Crippen molar-refractivity contribution in [1.29, 1.82) is 0 Å². The number of aliphatic hydroxyl groups is 1. The van der Waals surface area contributed by atoms with E-state index in [2.05, 4.69) is 30.9 Å². The number of nitrogens with zero attached hydrogens (tertiary/aromatic N) is 5. The number of hydrogen-bond donors (Lipinski definition) is 5. The Kier molecular flexibility index (Phi) is 8.49. The Hall–Kier alpha value is -4.38. The van der Waals surface area contributed by atoms with Crippen molar-refractivity contribution in [2.75, 3.05) is 26.2 Å². The van der Waals surface area contributed by atoms with Crippen LogP contribution < -0.4 is 10.7 Å². The second-order valence-electron chi connectivity index (χ2n) is 9.97. The lowest BCUT2D eigenvalue weighted by molar-refractivity contribution is -0.138. The third kappa shape index (κ3) is 5.96. The quantitative estimate of drug-likeness (QED) is 0.122. The van der Waals surface area contributed by atoms with Gasteiger partial charge in [-0.25, -0.2) is 9.79 Å². The van der Waals surface area contributed by atoms with Crippen LogP contribution in [0.4, 0.5) is 0 Å². The SMILES string of the molecule is [C-]#[N+]NC(=NC[C@H](NC(=O)c1c(Cl)cc2c(c1Cl)CCN(C(=O)c1ccc3cn[nH]c3c1)C2)C(=O)O)N1CC[C@H](O)C1. The predicted octanol–water partition coefficient (Wildman–Crippen LogP) is 2.10. The summed E-state index contributed by atoms with van der Waals surface area (Å²) in [4.78, 5) is 49.0. The molecule has 0 bridgehead atoms. The largest absolute Gasteiger partial charge is 0.480 e. The summed E-state index contributed by atoms with van der Waals surface area (Å²) in [6.45, 7) is 7.95. The van der Waals surface area contributed by atoms with Crippen molar-refractivity contribution in [2.24, 2.45) is 4.99 Å². The zero-order chi connectivity index (χ0) is 30.0. The third-order valence-electron chi connectivity index (χ3n) is 7.25. The van der Waals surface area contributed by atoms with Crippen molar-refractivity contribution in [1.82, 2.24) is 30.7 Å². The smallest absolute Gasteiger partial charge is 0.328 e. The molecular weight excluding hydrogens is 587 g/mol. The van der Waals surface area contributed by atoms with Crippen molar-refractivity contribution in [3.05, 3.63) is 74.3 Å². The Labute approximate surface area is 249 Å². The van der Waals surface area contributed by atoms with Crippen LogP contribution in [-0.2, 0) is 17.8 Å². The highest BCUT2D eigenvalue weighted by atomic mass is 35.5. The molecule has 2 aromatic carbocycles. The number of aromatic nitrogens is 2. The number of fused-ring (bicyclic) bond motifs is 2. The van der Waals surface area contributed by atoms with Gasteiger partial charge in [0.25, 0.3) is 17.8 Å². The Bertz CT molecular complexity index is 1630. The number of H-pyrrole nitrogens is 1. The molecule has 42 heavy (non-hydrogen) atoms. The number of aromatic amines is 1. The number of carbonyl (C=O) groups is 3. The van der Waals surface area contributed by atoms with Crippen LogP contribution in [0.3, 0.4) is 0 Å². The Morgan fingerprint density at radius 1 is 1.24 bits per heavy atom. The lowest BCUT2D eigenvalue weighted by Gasteiger charge is -2.30. The molecule has 0 radical (unpaired) electrons. The first-order valence-corrected chi connectivity index (χ1v) is 13.8. The fourth-order valence-electron chi connectivity index (χ4n) is 5.07. The molecular formula is C27H26Cl2N8O5. The number of hydrogen-bond acceptors (Lipinski definition) is 6. The summed E-state index contributed by atoms with van der Waals surface area (Å²) < 4.78 is 0. The van der Waals surface area contributed by atoms with Crippen LogP contribution in [0.25, 0.3) is 15.9 Å². The van der Waals surface area contributed by atoms with Crippen molar-refractivity contribution in [2.45, 2.75) is 31.5 Å². The Morgan fingerprint density at radius 3 is 2.76 bits per heavy atom. The first-order chi connectivity index (χ1) is 20.2. The van der Waals surface area contributed by atoms with Gasteiger partial charge in [-0.2, -0.15) is 16.6 Å². The number of aliphatic carboxylic acids is 1. The molecule has 1 fully saturated rings. The second-order valence-corrected chi connectivity index (χ2v) is 10.8. The number of halogens is 2. The van der Waals surface area contributed by atoms with E-state index in [4.69, 9.17) is 29.8 Å². The molecule has 5 N–H and O–H groups in total. The first kappa shape index (κ1) is 29.1. The number of guanidine groups is 1. The van der Waals surface area contributed by atoms with Gasteiger partial charge in [-0.15, -0.1) is 0 Å². The maximum absolute atomic E-state index is 13.2. The van der Waals surface area contributed by atoms with Gasteiger partial charge in [0.05, 0.1) is 40.0 Å². The fourth-order valence-corrected chi connectivity index (χ4v) is 5.83. The van der Waals surface area contributed by atoms with Gasteiger partial charge in [-0.1, -0.05) is 34.7 Å². The molecule has 3 aromatic rings. The van der Waals surface area contributed by atoms with E-state index in [1.807, 2.05) is 6.07 Å². The molecule has 2 atom stereocenters. The summed E-state index contributed by atoms with van der Waals surface area (Å²) in [7, 11) is 0. The summed E-state index contributed by atoms with van der Waals surface area (Å²) in [6, 6.07) is 5.42. The normalized spacial score (nSPS) is 17.5. The highest BCUT2D eigenvalue weighted by molar-refractivity contribution is 6.40. The van der Waals surface area contributed by atoms with Gasteiger partial charge in [-0.3, -0.25) is 14.7 Å². The minimum absolute atomic E-state index is 0.0125. The average Bonchev–Trinajstić information content (AvgIpc) is 3.62. The van der Waals surface area contributed by atoms with Crippen LogP contribution in [0.5, 0.6) is 0 Å². The van der Waals surface area contributed by atoms with Gasteiger partial charge >= 0.3 is 5.97 Å². The van der Waals surface area contributed by atoms with Crippen molar-refractivity contribution in [3.63, 3.8) is 0 Å². The lowest BCUT2D eigenvalue weighted by atomic mass is 9.96. The number of likely N-dealkylation sites (tertiary alicyclic amines) is 1. The van der Waals surface area contributed by atoms with Crippen molar-refractivity contribution in [3.8, 4) is 0 Å². The topological polar surface area (TPSA) is 168 Å². The number of rotatable bonds is 6. The number of nitrogens with one attached hydrogen (secondary N) is 3. The monoisotopic (exact) mass is 612 g/mol. The van der Waals surface area contributed by atoms with Gasteiger partial charge in [0.15, 0.2) is 0 Å². The fraction of sp³-hybridized carbons (Fsp3) is 0.333. The molecule has 0 saturated carbocycles. The van der Waals surface area contributed by atoms with Crippen LogP contribution in [0.2, 0.25) is 10.0 Å². The maximum atomic E-state index is 13.2. The van der Waals surface area contributed by atoms with Gasteiger partial charge in [-0.05, 0) is 42.2 Å². The highest BCUT2D eigenvalue weighted by Crippen LogP contribution is 2.35. The van der Waals surface area contributed by atoms with Gasteiger partial charge < -0.3 is 25.3 Å². The number of carboxylic acid groups (broad SMARTS) is 1. The Morgan fingerprint density at radius 2 is 2.05 bits per heavy atom. The zero-order valence-electron chi connectivity index (χ0n) is 22.1. The second kappa shape index (κ2) is 12.2.